The van der Waals surface area contributed by atoms with E-state index in [9.17, 15) is 18.0 Å². The van der Waals surface area contributed by atoms with E-state index >= 15 is 0 Å². The first kappa shape index (κ1) is 17.9. The maximum Gasteiger partial charge on any atom is 0.307 e. The second-order valence-electron chi connectivity index (χ2n) is 5.50. The Bertz CT molecular complexity index is 489. The lowest BCUT2D eigenvalue weighted by atomic mass is 9.94. The lowest BCUT2D eigenvalue weighted by molar-refractivity contribution is -0.150. The summed E-state index contributed by atoms with van der Waals surface area (Å²) < 4.78 is 28.1. The van der Waals surface area contributed by atoms with E-state index in [1.807, 2.05) is 0 Å². The molecule has 1 rings (SSSR count). The molecular formula is C13H23NO6S. The van der Waals surface area contributed by atoms with Gasteiger partial charge in [-0.25, -0.2) is 8.42 Å². The van der Waals surface area contributed by atoms with E-state index in [2.05, 4.69) is 0 Å². The van der Waals surface area contributed by atoms with Gasteiger partial charge in [-0.3, -0.25) is 9.59 Å². The molecule has 122 valence electrons. The van der Waals surface area contributed by atoms with Crippen molar-refractivity contribution in [2.24, 2.45) is 11.8 Å². The number of aliphatic carboxylic acids is 1. The first-order valence-corrected chi connectivity index (χ1v) is 8.74. The van der Waals surface area contributed by atoms with Crippen LogP contribution in [0.1, 0.15) is 20.3 Å². The number of carboxylic acids is 1. The number of amides is 1. The topological polar surface area (TPSA) is 101 Å². The summed E-state index contributed by atoms with van der Waals surface area (Å²) in [5.41, 5.74) is 0. The second kappa shape index (κ2) is 7.22. The molecule has 3 atom stereocenters. The molecule has 0 bridgehead atoms. The zero-order valence-electron chi connectivity index (χ0n) is 12.6. The van der Waals surface area contributed by atoms with Crippen molar-refractivity contribution in [3.8, 4) is 0 Å². The van der Waals surface area contributed by atoms with Crippen LogP contribution in [0.5, 0.6) is 0 Å². The SMILES string of the molecule is COCCN(C(=O)C(C)C(C)C(=O)O)C1CCS(=O)(=O)C1. The summed E-state index contributed by atoms with van der Waals surface area (Å²) >= 11 is 0. The molecule has 1 saturated heterocycles. The number of sulfone groups is 1. The standard InChI is InChI=1S/C13H23NO6S/c1-9(10(2)13(16)17)12(15)14(5-6-20-3)11-4-7-21(18,19)8-11/h9-11H,4-8H2,1-3H3,(H,16,17). The van der Waals surface area contributed by atoms with Gasteiger partial charge >= 0.3 is 5.97 Å². The number of methoxy groups -OCH3 is 1. The zero-order valence-corrected chi connectivity index (χ0v) is 13.4. The van der Waals surface area contributed by atoms with Gasteiger partial charge in [-0.2, -0.15) is 0 Å². The normalized spacial score (nSPS) is 23.5. The number of nitrogens with zero attached hydrogens (tertiary/aromatic N) is 1. The van der Waals surface area contributed by atoms with Gasteiger partial charge in [-0.1, -0.05) is 13.8 Å². The Hall–Kier alpha value is -1.15. The molecule has 0 saturated carbocycles. The molecule has 8 heteroatoms. The number of carboxylic acid groups (broad SMARTS) is 1. The van der Waals surface area contributed by atoms with Crippen molar-refractivity contribution >= 4 is 21.7 Å². The van der Waals surface area contributed by atoms with Gasteiger partial charge < -0.3 is 14.7 Å². The lowest BCUT2D eigenvalue weighted by Gasteiger charge is -2.31. The van der Waals surface area contributed by atoms with Crippen molar-refractivity contribution in [1.82, 2.24) is 4.90 Å². The highest BCUT2D eigenvalue weighted by molar-refractivity contribution is 7.91. The molecular weight excluding hydrogens is 298 g/mol. The van der Waals surface area contributed by atoms with Crippen LogP contribution >= 0.6 is 0 Å². The molecule has 0 radical (unpaired) electrons. The van der Waals surface area contributed by atoms with Gasteiger partial charge in [-0.15, -0.1) is 0 Å². The Morgan fingerprint density at radius 2 is 1.95 bits per heavy atom. The van der Waals surface area contributed by atoms with E-state index in [0.29, 0.717) is 6.42 Å². The van der Waals surface area contributed by atoms with E-state index in [1.165, 1.54) is 18.9 Å². The highest BCUT2D eigenvalue weighted by atomic mass is 32.2. The van der Waals surface area contributed by atoms with Gasteiger partial charge in [0, 0.05) is 25.6 Å². The van der Waals surface area contributed by atoms with E-state index in [4.69, 9.17) is 9.84 Å². The van der Waals surface area contributed by atoms with E-state index in [-0.39, 0.29) is 36.6 Å². The van der Waals surface area contributed by atoms with E-state index in [0.717, 1.165) is 0 Å². The van der Waals surface area contributed by atoms with Gasteiger partial charge in [0.15, 0.2) is 9.84 Å². The molecule has 3 unspecified atom stereocenters. The van der Waals surface area contributed by atoms with Crippen LogP contribution in [0.2, 0.25) is 0 Å². The third-order valence-electron chi connectivity index (χ3n) is 4.00. The summed E-state index contributed by atoms with van der Waals surface area (Å²) in [6.45, 7) is 3.60. The predicted molar refractivity (Wildman–Crippen MR) is 76.6 cm³/mol. The van der Waals surface area contributed by atoms with Crippen LogP contribution in [0, 0.1) is 11.8 Å². The Morgan fingerprint density at radius 1 is 1.33 bits per heavy atom. The number of rotatable bonds is 7. The van der Waals surface area contributed by atoms with Crippen LogP contribution in [0.3, 0.4) is 0 Å². The number of hydrogen-bond donors (Lipinski definition) is 1. The Morgan fingerprint density at radius 3 is 2.38 bits per heavy atom. The number of carbonyl (C=O) groups is 2. The molecule has 0 aromatic heterocycles. The molecule has 1 heterocycles. The van der Waals surface area contributed by atoms with E-state index < -0.39 is 27.6 Å². The van der Waals surface area contributed by atoms with Crippen LogP contribution < -0.4 is 0 Å². The van der Waals surface area contributed by atoms with Gasteiger partial charge in [0.2, 0.25) is 5.91 Å². The van der Waals surface area contributed by atoms with Crippen LogP contribution in [0.15, 0.2) is 0 Å². The van der Waals surface area contributed by atoms with Crippen LogP contribution in [0.4, 0.5) is 0 Å². The Kier molecular flexibility index (Phi) is 6.15. The monoisotopic (exact) mass is 321 g/mol. The van der Waals surface area contributed by atoms with Crippen molar-refractivity contribution in [2.75, 3.05) is 31.8 Å². The van der Waals surface area contributed by atoms with Crippen molar-refractivity contribution in [3.63, 3.8) is 0 Å². The molecule has 1 N–H and O–H groups in total. The van der Waals surface area contributed by atoms with Gasteiger partial charge in [0.1, 0.15) is 0 Å². The van der Waals surface area contributed by atoms with Gasteiger partial charge in [0.05, 0.1) is 24.0 Å². The average molecular weight is 321 g/mol. The van der Waals surface area contributed by atoms with Crippen molar-refractivity contribution in [1.29, 1.82) is 0 Å². The van der Waals surface area contributed by atoms with Crippen molar-refractivity contribution < 1.29 is 27.9 Å². The van der Waals surface area contributed by atoms with Crippen LogP contribution in [0.25, 0.3) is 0 Å². The largest absolute Gasteiger partial charge is 0.481 e. The summed E-state index contributed by atoms with van der Waals surface area (Å²) in [6, 6.07) is -0.388. The second-order valence-corrected chi connectivity index (χ2v) is 7.73. The molecule has 1 amide bonds. The maximum absolute atomic E-state index is 12.5. The summed E-state index contributed by atoms with van der Waals surface area (Å²) in [7, 11) is -1.61. The molecule has 7 nitrogen and oxygen atoms in total. The summed E-state index contributed by atoms with van der Waals surface area (Å²) in [5, 5.41) is 9.02. The molecule has 0 aromatic carbocycles. The number of hydrogen-bond acceptors (Lipinski definition) is 5. The predicted octanol–water partition coefficient (Wildman–Crippen LogP) is 0.00530. The quantitative estimate of drug-likeness (QED) is 0.708. The fourth-order valence-corrected chi connectivity index (χ4v) is 4.10. The molecule has 1 fully saturated rings. The maximum atomic E-state index is 12.5. The fourth-order valence-electron chi connectivity index (χ4n) is 2.37. The van der Waals surface area contributed by atoms with Crippen LogP contribution in [-0.4, -0.2) is 68.1 Å². The van der Waals surface area contributed by atoms with Crippen molar-refractivity contribution in [2.45, 2.75) is 26.3 Å². The summed E-state index contributed by atoms with van der Waals surface area (Å²) in [4.78, 5) is 25.0. The van der Waals surface area contributed by atoms with Crippen LogP contribution in [-0.2, 0) is 24.2 Å². The first-order chi connectivity index (χ1) is 9.69. The molecule has 1 aliphatic heterocycles. The Labute approximate surface area is 125 Å². The number of ether oxygens (including phenoxy) is 1. The molecule has 0 spiro atoms. The minimum absolute atomic E-state index is 0.0589. The first-order valence-electron chi connectivity index (χ1n) is 6.92. The highest BCUT2D eigenvalue weighted by Crippen LogP contribution is 2.22. The summed E-state index contributed by atoms with van der Waals surface area (Å²) in [5.74, 6) is -2.89. The minimum atomic E-state index is -3.11. The molecule has 0 aromatic rings. The van der Waals surface area contributed by atoms with Gasteiger partial charge in [-0.05, 0) is 6.42 Å². The van der Waals surface area contributed by atoms with Gasteiger partial charge in [0.25, 0.3) is 0 Å². The third-order valence-corrected chi connectivity index (χ3v) is 5.75. The fraction of sp³-hybridized carbons (Fsp3) is 0.846. The highest BCUT2D eigenvalue weighted by Gasteiger charge is 2.37. The minimum Gasteiger partial charge on any atom is -0.481 e. The average Bonchev–Trinajstić information content (AvgIpc) is 2.77. The smallest absolute Gasteiger partial charge is 0.307 e. The lowest BCUT2D eigenvalue weighted by Crippen LogP contribution is -2.47. The van der Waals surface area contributed by atoms with Crippen molar-refractivity contribution in [3.05, 3.63) is 0 Å². The summed E-state index contributed by atoms with van der Waals surface area (Å²) in [6.07, 6.45) is 0.395. The van der Waals surface area contributed by atoms with E-state index in [1.54, 1.807) is 6.92 Å². The zero-order chi connectivity index (χ0) is 16.2. The molecule has 0 aliphatic carbocycles. The molecule has 1 aliphatic rings. The molecule has 21 heavy (non-hydrogen) atoms. The Balaban J connectivity index is 2.86. The third kappa shape index (κ3) is 4.67. The number of carbonyl (C=O) groups excluding carboxylic acids is 1.